The second kappa shape index (κ2) is 5.62. The van der Waals surface area contributed by atoms with Gasteiger partial charge >= 0.3 is 0 Å². The van der Waals surface area contributed by atoms with Gasteiger partial charge in [-0.05, 0) is 13.0 Å². The summed E-state index contributed by atoms with van der Waals surface area (Å²) in [6.45, 7) is 2.39. The van der Waals surface area contributed by atoms with E-state index < -0.39 is 6.04 Å². The summed E-state index contributed by atoms with van der Waals surface area (Å²) in [4.78, 5) is 16.2. The largest absolute Gasteiger partial charge is 0.492 e. The molecule has 0 fully saturated rings. The number of nitrogens with zero attached hydrogens (tertiary/aromatic N) is 3. The van der Waals surface area contributed by atoms with E-state index in [1.54, 1.807) is 36.4 Å². The molecule has 2 heterocycles. The molecular weight excluding hydrogens is 244 g/mol. The molecule has 100 valence electrons. The minimum atomic E-state index is -0.743. The van der Waals surface area contributed by atoms with E-state index in [1.807, 2.05) is 6.92 Å². The first-order chi connectivity index (χ1) is 9.11. The Bertz CT molecular complexity index is 580. The molecule has 0 bridgehead atoms. The summed E-state index contributed by atoms with van der Waals surface area (Å²) < 4.78 is 6.92. The molecule has 1 atom stereocenters. The Balaban J connectivity index is 2.21. The van der Waals surface area contributed by atoms with E-state index in [1.165, 1.54) is 6.20 Å². The number of nitrogens with two attached hydrogens (primary N) is 1. The van der Waals surface area contributed by atoms with Crippen molar-refractivity contribution < 1.29 is 9.53 Å². The number of ketones is 1. The zero-order valence-electron chi connectivity index (χ0n) is 10.9. The third-order valence-corrected chi connectivity index (χ3v) is 2.68. The normalized spacial score (nSPS) is 12.2. The summed E-state index contributed by atoms with van der Waals surface area (Å²) >= 11 is 0. The van der Waals surface area contributed by atoms with E-state index in [2.05, 4.69) is 10.1 Å². The first kappa shape index (κ1) is 13.2. The van der Waals surface area contributed by atoms with Crippen molar-refractivity contribution in [1.82, 2.24) is 14.8 Å². The molecular formula is C13H16N4O2. The van der Waals surface area contributed by atoms with Crippen LogP contribution in [-0.4, -0.2) is 27.2 Å². The minimum absolute atomic E-state index is 0.206. The van der Waals surface area contributed by atoms with Crippen LogP contribution >= 0.6 is 0 Å². The van der Waals surface area contributed by atoms with Gasteiger partial charge in [0.1, 0.15) is 5.75 Å². The molecule has 0 saturated carbocycles. The summed E-state index contributed by atoms with van der Waals surface area (Å²) in [7, 11) is 1.78. The number of ether oxygens (including phenoxy) is 1. The molecule has 2 aromatic rings. The monoisotopic (exact) mass is 260 g/mol. The summed E-state index contributed by atoms with van der Waals surface area (Å²) in [5.74, 6) is 0.355. The first-order valence-corrected chi connectivity index (χ1v) is 5.98. The van der Waals surface area contributed by atoms with Crippen LogP contribution in [0.25, 0.3) is 0 Å². The van der Waals surface area contributed by atoms with Gasteiger partial charge in [-0.2, -0.15) is 5.10 Å². The molecule has 2 N–H and O–H groups in total. The number of pyridine rings is 1. The van der Waals surface area contributed by atoms with Gasteiger partial charge in [0, 0.05) is 30.6 Å². The SMILES string of the molecule is CCOc1cncc(C(=O)C(N)c2cnn(C)c2)c1. The quantitative estimate of drug-likeness (QED) is 0.814. The Morgan fingerprint density at radius 1 is 1.47 bits per heavy atom. The molecule has 6 heteroatoms. The molecule has 0 spiro atoms. The molecule has 2 aromatic heterocycles. The number of aromatic nitrogens is 3. The van der Waals surface area contributed by atoms with E-state index in [-0.39, 0.29) is 5.78 Å². The highest BCUT2D eigenvalue weighted by Gasteiger charge is 2.19. The molecule has 0 amide bonds. The van der Waals surface area contributed by atoms with Gasteiger partial charge in [-0.3, -0.25) is 14.5 Å². The van der Waals surface area contributed by atoms with Gasteiger partial charge in [-0.25, -0.2) is 0 Å². The highest BCUT2D eigenvalue weighted by molar-refractivity contribution is 6.00. The van der Waals surface area contributed by atoms with Crippen LogP contribution in [0.2, 0.25) is 0 Å². The fourth-order valence-corrected chi connectivity index (χ4v) is 1.73. The van der Waals surface area contributed by atoms with E-state index in [0.29, 0.717) is 23.5 Å². The summed E-state index contributed by atoms with van der Waals surface area (Å²) in [6.07, 6.45) is 6.36. The topological polar surface area (TPSA) is 83.0 Å². The average molecular weight is 260 g/mol. The van der Waals surface area contributed by atoms with Crippen LogP contribution in [0.4, 0.5) is 0 Å². The molecule has 0 aliphatic rings. The van der Waals surface area contributed by atoms with E-state index in [9.17, 15) is 4.79 Å². The van der Waals surface area contributed by atoms with Gasteiger partial charge in [0.05, 0.1) is 25.0 Å². The van der Waals surface area contributed by atoms with Crippen molar-refractivity contribution in [3.05, 3.63) is 42.0 Å². The van der Waals surface area contributed by atoms with Crippen molar-refractivity contribution in [3.8, 4) is 5.75 Å². The van der Waals surface area contributed by atoms with Crippen molar-refractivity contribution in [2.75, 3.05) is 6.61 Å². The molecule has 0 saturated heterocycles. The lowest BCUT2D eigenvalue weighted by atomic mass is 10.0. The maximum atomic E-state index is 12.3. The summed E-state index contributed by atoms with van der Waals surface area (Å²) in [5, 5.41) is 4.00. The highest BCUT2D eigenvalue weighted by Crippen LogP contribution is 2.18. The molecule has 0 aliphatic heterocycles. The zero-order valence-corrected chi connectivity index (χ0v) is 10.9. The maximum Gasteiger partial charge on any atom is 0.185 e. The molecule has 2 rings (SSSR count). The van der Waals surface area contributed by atoms with Crippen molar-refractivity contribution in [1.29, 1.82) is 0 Å². The number of aryl methyl sites for hydroxylation is 1. The van der Waals surface area contributed by atoms with Crippen LogP contribution in [0.3, 0.4) is 0 Å². The lowest BCUT2D eigenvalue weighted by Gasteiger charge is -2.09. The minimum Gasteiger partial charge on any atom is -0.492 e. The van der Waals surface area contributed by atoms with Crippen LogP contribution in [0.5, 0.6) is 5.75 Å². The number of carbonyl (C=O) groups is 1. The van der Waals surface area contributed by atoms with Crippen LogP contribution in [0.1, 0.15) is 28.9 Å². The van der Waals surface area contributed by atoms with Gasteiger partial charge < -0.3 is 10.5 Å². The fraction of sp³-hybridized carbons (Fsp3) is 0.308. The number of Topliss-reactive ketones (excluding diaryl/α,β-unsaturated/α-hetero) is 1. The number of hydrogen-bond acceptors (Lipinski definition) is 5. The Kier molecular flexibility index (Phi) is 3.91. The average Bonchev–Trinajstić information content (AvgIpc) is 2.84. The van der Waals surface area contributed by atoms with E-state index in [0.717, 1.165) is 0 Å². The lowest BCUT2D eigenvalue weighted by molar-refractivity contribution is 0.0960. The van der Waals surface area contributed by atoms with Crippen molar-refractivity contribution >= 4 is 5.78 Å². The Morgan fingerprint density at radius 2 is 2.26 bits per heavy atom. The predicted molar refractivity (Wildman–Crippen MR) is 69.9 cm³/mol. The van der Waals surface area contributed by atoms with Gasteiger partial charge in [0.15, 0.2) is 5.78 Å². The van der Waals surface area contributed by atoms with Gasteiger partial charge in [-0.1, -0.05) is 0 Å². The van der Waals surface area contributed by atoms with Crippen molar-refractivity contribution in [2.45, 2.75) is 13.0 Å². The third kappa shape index (κ3) is 2.97. The van der Waals surface area contributed by atoms with E-state index in [4.69, 9.17) is 10.5 Å². The lowest BCUT2D eigenvalue weighted by Crippen LogP contribution is -2.21. The predicted octanol–water partition coefficient (Wildman–Crippen LogP) is 1.10. The van der Waals surface area contributed by atoms with Crippen LogP contribution in [-0.2, 0) is 7.05 Å². The van der Waals surface area contributed by atoms with Crippen molar-refractivity contribution in [2.24, 2.45) is 12.8 Å². The highest BCUT2D eigenvalue weighted by atomic mass is 16.5. The molecule has 0 radical (unpaired) electrons. The molecule has 6 nitrogen and oxygen atoms in total. The first-order valence-electron chi connectivity index (χ1n) is 5.98. The third-order valence-electron chi connectivity index (χ3n) is 2.68. The smallest absolute Gasteiger partial charge is 0.185 e. The van der Waals surface area contributed by atoms with Crippen molar-refractivity contribution in [3.63, 3.8) is 0 Å². The molecule has 1 unspecified atom stereocenters. The molecule has 0 aromatic carbocycles. The molecule has 19 heavy (non-hydrogen) atoms. The van der Waals surface area contributed by atoms with Crippen LogP contribution in [0, 0.1) is 0 Å². The van der Waals surface area contributed by atoms with Crippen LogP contribution in [0.15, 0.2) is 30.9 Å². The number of rotatable bonds is 5. The second-order valence-electron chi connectivity index (χ2n) is 4.13. The summed E-state index contributed by atoms with van der Waals surface area (Å²) in [6, 6.07) is 0.905. The van der Waals surface area contributed by atoms with Gasteiger partial charge in [-0.15, -0.1) is 0 Å². The number of carbonyl (C=O) groups excluding carboxylic acids is 1. The maximum absolute atomic E-state index is 12.3. The summed E-state index contributed by atoms with van der Waals surface area (Å²) in [5.41, 5.74) is 7.04. The fourth-order valence-electron chi connectivity index (χ4n) is 1.73. The molecule has 0 aliphatic carbocycles. The Morgan fingerprint density at radius 3 is 2.89 bits per heavy atom. The van der Waals surface area contributed by atoms with E-state index >= 15 is 0 Å². The standard InChI is InChI=1S/C13H16N4O2/c1-3-19-11-4-9(5-15-7-11)13(18)12(14)10-6-16-17(2)8-10/h4-8,12H,3,14H2,1-2H3. The Hall–Kier alpha value is -2.21. The second-order valence-corrected chi connectivity index (χ2v) is 4.13. The van der Waals surface area contributed by atoms with Gasteiger partial charge in [0.2, 0.25) is 0 Å². The van der Waals surface area contributed by atoms with Gasteiger partial charge in [0.25, 0.3) is 0 Å². The van der Waals surface area contributed by atoms with Crippen LogP contribution < -0.4 is 10.5 Å². The number of hydrogen-bond donors (Lipinski definition) is 1. The zero-order chi connectivity index (χ0) is 13.8. The Labute approximate surface area is 111 Å².